The molecule has 5 heteroatoms. The van der Waals surface area contributed by atoms with Gasteiger partial charge in [-0.15, -0.1) is 0 Å². The van der Waals surface area contributed by atoms with Gasteiger partial charge >= 0.3 is 5.97 Å². The van der Waals surface area contributed by atoms with Crippen LogP contribution < -0.4 is 5.73 Å². The van der Waals surface area contributed by atoms with Crippen molar-refractivity contribution in [1.29, 1.82) is 0 Å². The number of hydrogen-bond acceptors (Lipinski definition) is 3. The highest BCUT2D eigenvalue weighted by molar-refractivity contribution is 5.86. The van der Waals surface area contributed by atoms with E-state index < -0.39 is 12.0 Å². The second kappa shape index (κ2) is 4.61. The number of hydrogen-bond donors (Lipinski definition) is 2. The number of likely N-dealkylation sites (tertiary alicyclic amines) is 1. The van der Waals surface area contributed by atoms with Gasteiger partial charge in [0.05, 0.1) is 12.5 Å². The van der Waals surface area contributed by atoms with E-state index in [0.29, 0.717) is 24.9 Å². The van der Waals surface area contributed by atoms with Gasteiger partial charge in [0.25, 0.3) is 0 Å². The molecule has 1 rings (SSSR count). The first kappa shape index (κ1) is 12.0. The Labute approximate surface area is 89.2 Å². The summed E-state index contributed by atoms with van der Waals surface area (Å²) in [6.45, 7) is 5.54. The quantitative estimate of drug-likeness (QED) is 0.687. The van der Waals surface area contributed by atoms with Crippen LogP contribution in [0.3, 0.4) is 0 Å². The molecule has 1 amide bonds. The molecule has 3 N–H and O–H groups in total. The Hall–Kier alpha value is -1.10. The minimum absolute atomic E-state index is 0.242. The van der Waals surface area contributed by atoms with E-state index in [9.17, 15) is 9.59 Å². The summed E-state index contributed by atoms with van der Waals surface area (Å²) in [4.78, 5) is 23.8. The van der Waals surface area contributed by atoms with Gasteiger partial charge in [0.15, 0.2) is 0 Å². The molecule has 86 valence electrons. The van der Waals surface area contributed by atoms with Gasteiger partial charge in [-0.2, -0.15) is 0 Å². The van der Waals surface area contributed by atoms with Gasteiger partial charge in [-0.25, -0.2) is 0 Å². The van der Waals surface area contributed by atoms with Gasteiger partial charge in [0.1, 0.15) is 0 Å². The van der Waals surface area contributed by atoms with Crippen molar-refractivity contribution < 1.29 is 14.7 Å². The zero-order valence-corrected chi connectivity index (χ0v) is 9.14. The van der Waals surface area contributed by atoms with E-state index in [0.717, 1.165) is 0 Å². The zero-order valence-electron chi connectivity index (χ0n) is 9.14. The van der Waals surface area contributed by atoms with Crippen LogP contribution in [0.1, 0.15) is 20.3 Å². The molecular formula is C10H18N2O3. The fourth-order valence-corrected chi connectivity index (χ4v) is 1.82. The molecule has 1 fully saturated rings. The highest BCUT2D eigenvalue weighted by atomic mass is 16.4. The van der Waals surface area contributed by atoms with Gasteiger partial charge in [-0.3, -0.25) is 9.59 Å². The number of carboxylic acids is 1. The summed E-state index contributed by atoms with van der Waals surface area (Å²) in [7, 11) is 0. The molecule has 1 aliphatic heterocycles. The van der Waals surface area contributed by atoms with Crippen LogP contribution in [0.4, 0.5) is 0 Å². The third-order valence-electron chi connectivity index (χ3n) is 3.01. The first-order chi connectivity index (χ1) is 6.91. The smallest absolute Gasteiger partial charge is 0.305 e. The lowest BCUT2D eigenvalue weighted by molar-refractivity contribution is -0.141. The lowest BCUT2D eigenvalue weighted by atomic mass is 10.0. The van der Waals surface area contributed by atoms with E-state index in [1.807, 2.05) is 0 Å². The Morgan fingerprint density at radius 1 is 1.40 bits per heavy atom. The van der Waals surface area contributed by atoms with E-state index in [2.05, 4.69) is 13.8 Å². The number of carboxylic acid groups (broad SMARTS) is 1. The Balaban J connectivity index is 2.51. The normalized spacial score (nSPS) is 27.8. The predicted octanol–water partition coefficient (Wildman–Crippen LogP) is -0.0972. The number of carbonyl (C=O) groups excluding carboxylic acids is 1. The van der Waals surface area contributed by atoms with Crippen LogP contribution in [0.25, 0.3) is 0 Å². The molecule has 0 saturated carbocycles. The minimum Gasteiger partial charge on any atom is -0.481 e. The van der Waals surface area contributed by atoms with Crippen LogP contribution in [0.5, 0.6) is 0 Å². The average molecular weight is 214 g/mol. The van der Waals surface area contributed by atoms with Crippen LogP contribution in [-0.4, -0.2) is 41.0 Å². The molecule has 0 aliphatic carbocycles. The number of nitrogens with two attached hydrogens (primary N) is 1. The van der Waals surface area contributed by atoms with Crippen molar-refractivity contribution in [2.45, 2.75) is 26.3 Å². The first-order valence-electron chi connectivity index (χ1n) is 5.18. The monoisotopic (exact) mass is 214 g/mol. The lowest BCUT2D eigenvalue weighted by Gasteiger charge is -2.19. The predicted molar refractivity (Wildman–Crippen MR) is 55.1 cm³/mol. The van der Waals surface area contributed by atoms with E-state index >= 15 is 0 Å². The second-order valence-corrected chi connectivity index (χ2v) is 4.40. The van der Waals surface area contributed by atoms with Crippen molar-refractivity contribution >= 4 is 11.9 Å². The Kier molecular flexibility index (Phi) is 3.68. The highest BCUT2D eigenvalue weighted by Crippen LogP contribution is 2.22. The molecule has 15 heavy (non-hydrogen) atoms. The largest absolute Gasteiger partial charge is 0.481 e. The fraction of sp³-hybridized carbons (Fsp3) is 0.800. The summed E-state index contributed by atoms with van der Waals surface area (Å²) in [5.74, 6) is -0.346. The molecule has 1 heterocycles. The van der Waals surface area contributed by atoms with Gasteiger partial charge in [0.2, 0.25) is 5.91 Å². The number of rotatable bonds is 3. The summed E-state index contributed by atoms with van der Waals surface area (Å²) >= 11 is 0. The van der Waals surface area contributed by atoms with Gasteiger partial charge in [0, 0.05) is 13.1 Å². The molecule has 0 aromatic heterocycles. The third-order valence-corrected chi connectivity index (χ3v) is 3.01. The van der Waals surface area contributed by atoms with Crippen LogP contribution in [0, 0.1) is 11.8 Å². The van der Waals surface area contributed by atoms with Crippen LogP contribution in [0.15, 0.2) is 0 Å². The third kappa shape index (κ3) is 2.92. The molecule has 0 radical (unpaired) electrons. The number of carbonyl (C=O) groups is 2. The standard InChI is InChI=1S/C10H18N2O3/c1-6-4-12(5-7(6)2)10(15)8(11)3-9(13)14/h6-8H,3-5,11H2,1-2H3,(H,13,14). The average Bonchev–Trinajstić information content (AvgIpc) is 2.44. The molecule has 3 atom stereocenters. The SMILES string of the molecule is CC1CN(C(=O)C(N)CC(=O)O)CC1C. The highest BCUT2D eigenvalue weighted by Gasteiger charge is 2.32. The summed E-state index contributed by atoms with van der Waals surface area (Å²) in [5.41, 5.74) is 5.52. The van der Waals surface area contributed by atoms with Crippen molar-refractivity contribution in [1.82, 2.24) is 4.90 Å². The molecule has 0 aromatic carbocycles. The zero-order chi connectivity index (χ0) is 11.6. The molecular weight excluding hydrogens is 196 g/mol. The van der Waals surface area contributed by atoms with Gasteiger partial charge < -0.3 is 15.7 Å². The van der Waals surface area contributed by atoms with E-state index in [1.165, 1.54) is 0 Å². The maximum absolute atomic E-state index is 11.7. The Bertz CT molecular complexity index is 257. The van der Waals surface area contributed by atoms with Crippen LogP contribution in [0.2, 0.25) is 0 Å². The molecule has 0 spiro atoms. The maximum Gasteiger partial charge on any atom is 0.305 e. The topological polar surface area (TPSA) is 83.6 Å². The summed E-state index contributed by atoms with van der Waals surface area (Å²) in [6, 6.07) is -0.903. The van der Waals surface area contributed by atoms with Gasteiger partial charge in [-0.05, 0) is 11.8 Å². The molecule has 1 saturated heterocycles. The Morgan fingerprint density at radius 3 is 2.27 bits per heavy atom. The molecule has 5 nitrogen and oxygen atoms in total. The number of nitrogens with zero attached hydrogens (tertiary/aromatic N) is 1. The van der Waals surface area contributed by atoms with E-state index in [-0.39, 0.29) is 12.3 Å². The maximum atomic E-state index is 11.7. The molecule has 0 aromatic rings. The number of aliphatic carboxylic acids is 1. The second-order valence-electron chi connectivity index (χ2n) is 4.40. The van der Waals surface area contributed by atoms with Crippen molar-refractivity contribution in [3.63, 3.8) is 0 Å². The van der Waals surface area contributed by atoms with Crippen LogP contribution in [-0.2, 0) is 9.59 Å². The van der Waals surface area contributed by atoms with E-state index in [1.54, 1.807) is 4.90 Å². The van der Waals surface area contributed by atoms with Crippen molar-refractivity contribution in [2.24, 2.45) is 17.6 Å². The van der Waals surface area contributed by atoms with Crippen molar-refractivity contribution in [3.05, 3.63) is 0 Å². The van der Waals surface area contributed by atoms with Crippen molar-refractivity contribution in [3.8, 4) is 0 Å². The Morgan fingerprint density at radius 2 is 1.87 bits per heavy atom. The minimum atomic E-state index is -1.03. The first-order valence-corrected chi connectivity index (χ1v) is 5.18. The van der Waals surface area contributed by atoms with E-state index in [4.69, 9.17) is 10.8 Å². The fourth-order valence-electron chi connectivity index (χ4n) is 1.82. The summed E-state index contributed by atoms with van der Waals surface area (Å²) in [6.07, 6.45) is -0.294. The summed E-state index contributed by atoms with van der Waals surface area (Å²) < 4.78 is 0. The van der Waals surface area contributed by atoms with Gasteiger partial charge in [-0.1, -0.05) is 13.8 Å². The molecule has 1 aliphatic rings. The molecule has 0 bridgehead atoms. The molecule has 3 unspecified atom stereocenters. The lowest BCUT2D eigenvalue weighted by Crippen LogP contribution is -2.43. The van der Waals surface area contributed by atoms with Crippen LogP contribution >= 0.6 is 0 Å². The number of amides is 1. The van der Waals surface area contributed by atoms with Crippen molar-refractivity contribution in [2.75, 3.05) is 13.1 Å². The summed E-state index contributed by atoms with van der Waals surface area (Å²) in [5, 5.41) is 8.53.